The molecule has 14 heavy (non-hydrogen) atoms. The Hall–Kier alpha value is -0.870. The molecule has 2 N–H and O–H groups in total. The van der Waals surface area contributed by atoms with E-state index in [4.69, 9.17) is 5.73 Å². The number of fused-ring (bicyclic) bond motifs is 1. The molecule has 2 nitrogen and oxygen atoms in total. The van der Waals surface area contributed by atoms with Gasteiger partial charge in [0.2, 0.25) is 0 Å². The molecule has 72 valence electrons. The van der Waals surface area contributed by atoms with Gasteiger partial charge in [0.05, 0.1) is 4.88 Å². The summed E-state index contributed by atoms with van der Waals surface area (Å²) in [6.07, 6.45) is 0.874. The van der Waals surface area contributed by atoms with Crippen LogP contribution in [0.3, 0.4) is 0 Å². The molecule has 0 bridgehead atoms. The molecular weight excluding hydrogens is 262 g/mol. The smallest absolute Gasteiger partial charge is 0.160 e. The fraction of sp³-hybridized carbons (Fsp3) is 0.100. The number of anilines is 1. The molecule has 0 amide bonds. The van der Waals surface area contributed by atoms with Crippen molar-refractivity contribution in [3.63, 3.8) is 0 Å². The van der Waals surface area contributed by atoms with E-state index in [1.807, 2.05) is 18.2 Å². The molecule has 4 heteroatoms. The van der Waals surface area contributed by atoms with Gasteiger partial charge in [-0.2, -0.15) is 0 Å². The maximum atomic E-state index is 10.6. The van der Waals surface area contributed by atoms with E-state index in [2.05, 4.69) is 15.9 Å². The second kappa shape index (κ2) is 3.71. The highest BCUT2D eigenvalue weighted by Crippen LogP contribution is 2.32. The van der Waals surface area contributed by atoms with Crippen molar-refractivity contribution in [2.45, 2.75) is 5.33 Å². The predicted molar refractivity (Wildman–Crippen MR) is 64.3 cm³/mol. The van der Waals surface area contributed by atoms with Gasteiger partial charge in [0.15, 0.2) is 6.29 Å². The number of nitrogens with two attached hydrogens (primary N) is 1. The van der Waals surface area contributed by atoms with Crippen LogP contribution in [0.25, 0.3) is 10.1 Å². The number of rotatable bonds is 2. The topological polar surface area (TPSA) is 43.1 Å². The largest absolute Gasteiger partial charge is 0.398 e. The van der Waals surface area contributed by atoms with Gasteiger partial charge >= 0.3 is 0 Å². The number of hydrogen-bond donors (Lipinski definition) is 1. The Balaban J connectivity index is 2.79. The van der Waals surface area contributed by atoms with Crippen LogP contribution >= 0.6 is 27.3 Å². The van der Waals surface area contributed by atoms with Gasteiger partial charge in [-0.05, 0) is 17.5 Å². The molecule has 1 aromatic heterocycles. The third-order valence-electron chi connectivity index (χ3n) is 2.09. The molecule has 0 spiro atoms. The minimum absolute atomic E-state index is 0.717. The quantitative estimate of drug-likeness (QED) is 0.517. The summed E-state index contributed by atoms with van der Waals surface area (Å²) in [5.41, 5.74) is 7.68. The fourth-order valence-electron chi connectivity index (χ4n) is 1.39. The van der Waals surface area contributed by atoms with Crippen LogP contribution in [0.15, 0.2) is 18.2 Å². The summed E-state index contributed by atoms with van der Waals surface area (Å²) in [5, 5.41) is 1.80. The third-order valence-corrected chi connectivity index (χ3v) is 3.79. The third kappa shape index (κ3) is 1.44. The standard InChI is InChI=1S/C10H8BrNOS/c11-4-8-9(12)2-1-6-3-7(5-13)14-10(6)8/h1-3,5H,4,12H2. The summed E-state index contributed by atoms with van der Waals surface area (Å²) in [4.78, 5) is 11.4. The Kier molecular flexibility index (Phi) is 2.56. The van der Waals surface area contributed by atoms with Crippen LogP contribution in [0.4, 0.5) is 5.69 Å². The Morgan fingerprint density at radius 3 is 2.93 bits per heavy atom. The number of alkyl halides is 1. The molecule has 2 rings (SSSR count). The van der Waals surface area contributed by atoms with Crippen LogP contribution in [0.2, 0.25) is 0 Å². The predicted octanol–water partition coefficient (Wildman–Crippen LogP) is 3.19. The zero-order chi connectivity index (χ0) is 10.1. The average molecular weight is 270 g/mol. The van der Waals surface area contributed by atoms with E-state index < -0.39 is 0 Å². The summed E-state index contributed by atoms with van der Waals surface area (Å²) in [6, 6.07) is 5.71. The minimum Gasteiger partial charge on any atom is -0.398 e. The highest BCUT2D eigenvalue weighted by Gasteiger charge is 2.07. The van der Waals surface area contributed by atoms with Gasteiger partial charge in [-0.3, -0.25) is 4.79 Å². The first-order valence-electron chi connectivity index (χ1n) is 4.08. The number of thiophene rings is 1. The summed E-state index contributed by atoms with van der Waals surface area (Å²) in [6.45, 7) is 0. The van der Waals surface area contributed by atoms with Gasteiger partial charge in [-0.25, -0.2) is 0 Å². The van der Waals surface area contributed by atoms with Crippen molar-refractivity contribution in [1.29, 1.82) is 0 Å². The SMILES string of the molecule is Nc1ccc2cc(C=O)sc2c1CBr. The van der Waals surface area contributed by atoms with Crippen molar-refractivity contribution in [3.05, 3.63) is 28.6 Å². The second-order valence-electron chi connectivity index (χ2n) is 2.95. The molecule has 0 unspecified atom stereocenters. The molecule has 0 saturated heterocycles. The number of aldehydes is 1. The zero-order valence-electron chi connectivity index (χ0n) is 7.29. The van der Waals surface area contributed by atoms with Gasteiger partial charge in [0.25, 0.3) is 0 Å². The van der Waals surface area contributed by atoms with Crippen molar-refractivity contribution < 1.29 is 4.79 Å². The lowest BCUT2D eigenvalue weighted by Crippen LogP contribution is -1.90. The number of benzene rings is 1. The number of halogens is 1. The lowest BCUT2D eigenvalue weighted by atomic mass is 10.1. The summed E-state index contributed by atoms with van der Waals surface area (Å²) < 4.78 is 1.10. The van der Waals surface area contributed by atoms with E-state index in [-0.39, 0.29) is 0 Å². The van der Waals surface area contributed by atoms with Crippen LogP contribution in [0.5, 0.6) is 0 Å². The molecule has 0 aliphatic heterocycles. The summed E-state index contributed by atoms with van der Waals surface area (Å²) in [5.74, 6) is 0. The van der Waals surface area contributed by atoms with Gasteiger partial charge in [0, 0.05) is 21.3 Å². The molecule has 0 radical (unpaired) electrons. The van der Waals surface area contributed by atoms with Gasteiger partial charge in [-0.1, -0.05) is 22.0 Å². The van der Waals surface area contributed by atoms with Crippen LogP contribution in [-0.2, 0) is 5.33 Å². The molecular formula is C10H8BrNOS. The van der Waals surface area contributed by atoms with E-state index in [0.29, 0.717) is 0 Å². The average Bonchev–Trinajstić information content (AvgIpc) is 2.60. The first-order valence-corrected chi connectivity index (χ1v) is 6.02. The molecule has 0 fully saturated rings. The lowest BCUT2D eigenvalue weighted by molar-refractivity contribution is 0.112. The van der Waals surface area contributed by atoms with Gasteiger partial charge in [-0.15, -0.1) is 11.3 Å². The first-order chi connectivity index (χ1) is 6.76. The molecule has 0 saturated carbocycles. The molecule has 1 heterocycles. The molecule has 1 aromatic carbocycles. The van der Waals surface area contributed by atoms with Crippen LogP contribution in [0, 0.1) is 0 Å². The number of hydrogen-bond acceptors (Lipinski definition) is 3. The van der Waals surface area contributed by atoms with Crippen LogP contribution in [-0.4, -0.2) is 6.29 Å². The van der Waals surface area contributed by atoms with Crippen molar-refractivity contribution >= 4 is 49.3 Å². The van der Waals surface area contributed by atoms with E-state index >= 15 is 0 Å². The van der Waals surface area contributed by atoms with E-state index in [0.717, 1.165) is 37.8 Å². The maximum absolute atomic E-state index is 10.6. The Bertz CT molecular complexity index is 492. The first kappa shape index (κ1) is 9.68. The zero-order valence-corrected chi connectivity index (χ0v) is 9.69. The van der Waals surface area contributed by atoms with Crippen molar-refractivity contribution in [2.24, 2.45) is 0 Å². The molecule has 0 aliphatic carbocycles. The molecule has 0 aliphatic rings. The van der Waals surface area contributed by atoms with E-state index in [1.165, 1.54) is 11.3 Å². The van der Waals surface area contributed by atoms with E-state index in [9.17, 15) is 4.79 Å². The normalized spacial score (nSPS) is 10.6. The Morgan fingerprint density at radius 1 is 1.50 bits per heavy atom. The van der Waals surface area contributed by atoms with Crippen molar-refractivity contribution in [2.75, 3.05) is 5.73 Å². The van der Waals surface area contributed by atoms with Crippen LogP contribution in [0.1, 0.15) is 15.2 Å². The number of carbonyl (C=O) groups excluding carboxylic acids is 1. The molecule has 2 aromatic rings. The summed E-state index contributed by atoms with van der Waals surface area (Å²) in [7, 11) is 0. The minimum atomic E-state index is 0.717. The number of nitrogen functional groups attached to an aromatic ring is 1. The lowest BCUT2D eigenvalue weighted by Gasteiger charge is -2.02. The highest BCUT2D eigenvalue weighted by atomic mass is 79.9. The molecule has 0 atom stereocenters. The summed E-state index contributed by atoms with van der Waals surface area (Å²) >= 11 is 4.88. The number of carbonyl (C=O) groups is 1. The fourth-order valence-corrected chi connectivity index (χ4v) is 3.21. The van der Waals surface area contributed by atoms with Crippen LogP contribution < -0.4 is 5.73 Å². The second-order valence-corrected chi connectivity index (χ2v) is 4.60. The van der Waals surface area contributed by atoms with Gasteiger partial charge in [0.1, 0.15) is 0 Å². The van der Waals surface area contributed by atoms with Gasteiger partial charge < -0.3 is 5.73 Å². The van der Waals surface area contributed by atoms with E-state index in [1.54, 1.807) is 0 Å². The maximum Gasteiger partial charge on any atom is 0.160 e. The monoisotopic (exact) mass is 269 g/mol. The highest BCUT2D eigenvalue weighted by molar-refractivity contribution is 9.08. The van der Waals surface area contributed by atoms with Crippen molar-refractivity contribution in [1.82, 2.24) is 0 Å². The Morgan fingerprint density at radius 2 is 2.29 bits per heavy atom. The van der Waals surface area contributed by atoms with Crippen molar-refractivity contribution in [3.8, 4) is 0 Å². The Labute approximate surface area is 93.9 Å².